The van der Waals surface area contributed by atoms with Crippen LogP contribution in [0.4, 0.5) is 5.82 Å². The Labute approximate surface area is 146 Å². The fraction of sp³-hybridized carbons (Fsp3) is 0.368. The van der Waals surface area contributed by atoms with Crippen LogP contribution in [0, 0.1) is 6.92 Å². The number of hydrogen-bond donors (Lipinski definition) is 0. The summed E-state index contributed by atoms with van der Waals surface area (Å²) in [5.41, 5.74) is 1.42. The lowest BCUT2D eigenvalue weighted by Crippen LogP contribution is -2.47. The van der Waals surface area contributed by atoms with Crippen molar-refractivity contribution < 1.29 is 0 Å². The molecule has 0 spiro atoms. The molecule has 0 bridgehead atoms. The summed E-state index contributed by atoms with van der Waals surface area (Å²) in [5, 5.41) is 1.21. The fourth-order valence-corrected chi connectivity index (χ4v) is 4.17. The Kier molecular flexibility index (Phi) is 4.45. The normalized spacial score (nSPS) is 16.0. The molecule has 1 aliphatic rings. The molecule has 3 heterocycles. The second-order valence-electron chi connectivity index (χ2n) is 6.34. The van der Waals surface area contributed by atoms with Crippen LogP contribution in [0.2, 0.25) is 0 Å². The first-order valence-corrected chi connectivity index (χ1v) is 9.33. The van der Waals surface area contributed by atoms with Gasteiger partial charge in [0.15, 0.2) is 0 Å². The maximum atomic E-state index is 4.57. The Hall–Kier alpha value is -1.98. The molecule has 24 heavy (non-hydrogen) atoms. The molecular formula is C19H22N4S. The van der Waals surface area contributed by atoms with Crippen molar-refractivity contribution in [2.24, 2.45) is 0 Å². The van der Waals surface area contributed by atoms with Gasteiger partial charge in [0.2, 0.25) is 0 Å². The third-order valence-electron chi connectivity index (χ3n) is 4.66. The number of aromatic nitrogens is 2. The predicted octanol–water partition coefficient (Wildman–Crippen LogP) is 3.36. The molecule has 1 aromatic carbocycles. The van der Waals surface area contributed by atoms with E-state index in [2.05, 4.69) is 63.1 Å². The molecule has 0 unspecified atom stereocenters. The molecule has 4 nitrogen and oxygen atoms in total. The van der Waals surface area contributed by atoms with Crippen LogP contribution < -0.4 is 4.90 Å². The Morgan fingerprint density at radius 3 is 2.62 bits per heavy atom. The summed E-state index contributed by atoms with van der Waals surface area (Å²) < 4.78 is 0. The van der Waals surface area contributed by atoms with E-state index in [0.717, 1.165) is 49.8 Å². The van der Waals surface area contributed by atoms with Crippen LogP contribution >= 0.6 is 11.3 Å². The van der Waals surface area contributed by atoms with E-state index in [-0.39, 0.29) is 0 Å². The molecule has 3 aromatic rings. The highest BCUT2D eigenvalue weighted by molar-refractivity contribution is 7.18. The van der Waals surface area contributed by atoms with E-state index in [0.29, 0.717) is 0 Å². The molecule has 5 heteroatoms. The minimum Gasteiger partial charge on any atom is -0.353 e. The number of benzene rings is 1. The van der Waals surface area contributed by atoms with Gasteiger partial charge >= 0.3 is 0 Å². The average molecular weight is 338 g/mol. The van der Waals surface area contributed by atoms with E-state index in [1.54, 1.807) is 17.7 Å². The van der Waals surface area contributed by atoms with Gasteiger partial charge in [-0.3, -0.25) is 4.90 Å². The summed E-state index contributed by atoms with van der Waals surface area (Å²) in [6.07, 6.45) is 2.83. The minimum absolute atomic E-state index is 1.04. The maximum Gasteiger partial charge on any atom is 0.140 e. The molecule has 1 fully saturated rings. The monoisotopic (exact) mass is 338 g/mol. The van der Waals surface area contributed by atoms with Crippen molar-refractivity contribution in [1.29, 1.82) is 0 Å². The summed E-state index contributed by atoms with van der Waals surface area (Å²) in [7, 11) is 0. The highest BCUT2D eigenvalue weighted by Gasteiger charge is 2.20. The predicted molar refractivity (Wildman–Crippen MR) is 101 cm³/mol. The van der Waals surface area contributed by atoms with Gasteiger partial charge in [-0.2, -0.15) is 0 Å². The smallest absolute Gasteiger partial charge is 0.140 e. The number of hydrogen-bond acceptors (Lipinski definition) is 5. The van der Waals surface area contributed by atoms with Crippen molar-refractivity contribution in [3.63, 3.8) is 0 Å². The molecule has 1 saturated heterocycles. The Morgan fingerprint density at radius 1 is 1.04 bits per heavy atom. The standard InChI is InChI=1S/C19H22N4S/c1-15-13-17-18(20-14-21-19(17)24-15)23-11-9-22(10-12-23)8-7-16-5-3-2-4-6-16/h2-6,13-14H,7-12H2,1H3. The van der Waals surface area contributed by atoms with Gasteiger partial charge in [0.05, 0.1) is 5.39 Å². The zero-order valence-corrected chi connectivity index (χ0v) is 14.8. The zero-order chi connectivity index (χ0) is 16.4. The lowest BCUT2D eigenvalue weighted by molar-refractivity contribution is 0.260. The van der Waals surface area contributed by atoms with Gasteiger partial charge < -0.3 is 4.90 Å². The molecule has 0 saturated carbocycles. The molecule has 0 amide bonds. The number of piperazine rings is 1. The van der Waals surface area contributed by atoms with Crippen molar-refractivity contribution in [3.05, 3.63) is 53.2 Å². The van der Waals surface area contributed by atoms with E-state index < -0.39 is 0 Å². The number of thiophene rings is 1. The molecule has 0 aliphatic carbocycles. The van der Waals surface area contributed by atoms with Crippen LogP contribution in [0.1, 0.15) is 10.4 Å². The van der Waals surface area contributed by atoms with Crippen molar-refractivity contribution in [2.45, 2.75) is 13.3 Å². The Bertz CT molecular complexity index is 807. The molecule has 2 aromatic heterocycles. The molecule has 0 radical (unpaired) electrons. The third kappa shape index (κ3) is 3.28. The van der Waals surface area contributed by atoms with Crippen LogP contribution in [0.3, 0.4) is 0 Å². The fourth-order valence-electron chi connectivity index (χ4n) is 3.33. The highest BCUT2D eigenvalue weighted by Crippen LogP contribution is 2.30. The molecule has 0 N–H and O–H groups in total. The van der Waals surface area contributed by atoms with Gasteiger partial charge in [0.1, 0.15) is 17.0 Å². The maximum absolute atomic E-state index is 4.57. The van der Waals surface area contributed by atoms with Gasteiger partial charge in [-0.25, -0.2) is 9.97 Å². The molecule has 0 atom stereocenters. The van der Waals surface area contributed by atoms with Crippen LogP contribution in [-0.2, 0) is 6.42 Å². The minimum atomic E-state index is 1.04. The zero-order valence-electron chi connectivity index (χ0n) is 14.0. The van der Waals surface area contributed by atoms with Gasteiger partial charge in [0, 0.05) is 37.6 Å². The van der Waals surface area contributed by atoms with Gasteiger partial charge in [0.25, 0.3) is 0 Å². The lowest BCUT2D eigenvalue weighted by Gasteiger charge is -2.35. The van der Waals surface area contributed by atoms with Gasteiger partial charge in [-0.1, -0.05) is 30.3 Å². The SMILES string of the molecule is Cc1cc2c(N3CCN(CCc4ccccc4)CC3)ncnc2s1. The van der Waals surface area contributed by atoms with Gasteiger partial charge in [-0.15, -0.1) is 11.3 Å². The molecule has 1 aliphatic heterocycles. The van der Waals surface area contributed by atoms with Crippen LogP contribution in [0.25, 0.3) is 10.2 Å². The second kappa shape index (κ2) is 6.87. The van der Waals surface area contributed by atoms with Crippen LogP contribution in [0.5, 0.6) is 0 Å². The first-order valence-electron chi connectivity index (χ1n) is 8.52. The summed E-state index contributed by atoms with van der Waals surface area (Å²) in [6.45, 7) is 7.54. The lowest BCUT2D eigenvalue weighted by atomic mass is 10.1. The first kappa shape index (κ1) is 15.5. The summed E-state index contributed by atoms with van der Waals surface area (Å²) in [4.78, 5) is 16.3. The quantitative estimate of drug-likeness (QED) is 0.730. The average Bonchev–Trinajstić information content (AvgIpc) is 3.01. The Morgan fingerprint density at radius 2 is 1.83 bits per heavy atom. The van der Waals surface area contributed by atoms with Crippen molar-refractivity contribution in [3.8, 4) is 0 Å². The van der Waals surface area contributed by atoms with Crippen molar-refractivity contribution >= 4 is 27.4 Å². The van der Waals surface area contributed by atoms with Crippen LogP contribution in [0.15, 0.2) is 42.7 Å². The van der Waals surface area contributed by atoms with Crippen molar-refractivity contribution in [2.75, 3.05) is 37.6 Å². The van der Waals surface area contributed by atoms with E-state index in [9.17, 15) is 0 Å². The van der Waals surface area contributed by atoms with E-state index in [1.807, 2.05) is 0 Å². The number of rotatable bonds is 4. The van der Waals surface area contributed by atoms with Gasteiger partial charge in [-0.05, 0) is 25.0 Å². The summed E-state index contributed by atoms with van der Waals surface area (Å²) in [6, 6.07) is 13.0. The van der Waals surface area contributed by atoms with Crippen molar-refractivity contribution in [1.82, 2.24) is 14.9 Å². The topological polar surface area (TPSA) is 32.3 Å². The first-order chi connectivity index (χ1) is 11.8. The molecular weight excluding hydrogens is 316 g/mol. The number of nitrogens with zero attached hydrogens (tertiary/aromatic N) is 4. The van der Waals surface area contributed by atoms with E-state index in [1.165, 1.54) is 15.8 Å². The van der Waals surface area contributed by atoms with E-state index in [4.69, 9.17) is 0 Å². The van der Waals surface area contributed by atoms with E-state index >= 15 is 0 Å². The largest absolute Gasteiger partial charge is 0.353 e. The third-order valence-corrected chi connectivity index (χ3v) is 5.62. The number of aryl methyl sites for hydroxylation is 1. The highest BCUT2D eigenvalue weighted by atomic mass is 32.1. The summed E-state index contributed by atoms with van der Waals surface area (Å²) in [5.74, 6) is 1.10. The Balaban J connectivity index is 1.39. The number of anilines is 1. The number of fused-ring (bicyclic) bond motifs is 1. The second-order valence-corrected chi connectivity index (χ2v) is 7.57. The molecule has 124 valence electrons. The molecule has 4 rings (SSSR count). The van der Waals surface area contributed by atoms with Crippen LogP contribution in [-0.4, -0.2) is 47.6 Å². The summed E-state index contributed by atoms with van der Waals surface area (Å²) >= 11 is 1.75.